The van der Waals surface area contributed by atoms with E-state index in [1.54, 1.807) is 0 Å². The van der Waals surface area contributed by atoms with Gasteiger partial charge in [-0.3, -0.25) is 0 Å². The minimum absolute atomic E-state index is 0.0921. The number of nitrogens with zero attached hydrogens (tertiary/aromatic N) is 1. The van der Waals surface area contributed by atoms with Crippen LogP contribution in [0.5, 0.6) is 0 Å². The first-order chi connectivity index (χ1) is 7.56. The molecule has 0 aromatic heterocycles. The smallest absolute Gasteiger partial charge is 0.143 e. The van der Waals surface area contributed by atoms with Crippen molar-refractivity contribution < 1.29 is 5.21 Å². The summed E-state index contributed by atoms with van der Waals surface area (Å²) in [6.07, 6.45) is 3.89. The molecule has 0 aromatic carbocycles. The van der Waals surface area contributed by atoms with Gasteiger partial charge in [0, 0.05) is 18.5 Å². The van der Waals surface area contributed by atoms with Crippen LogP contribution in [0.2, 0.25) is 0 Å². The topological polar surface area (TPSA) is 70.6 Å². The van der Waals surface area contributed by atoms with Crippen LogP contribution >= 0.6 is 0 Å². The van der Waals surface area contributed by atoms with Gasteiger partial charge in [-0.1, -0.05) is 38.8 Å². The predicted molar refractivity (Wildman–Crippen MR) is 66.5 cm³/mol. The second kappa shape index (κ2) is 6.09. The summed E-state index contributed by atoms with van der Waals surface area (Å²) in [5.41, 5.74) is 5.55. The molecule has 4 heteroatoms. The van der Waals surface area contributed by atoms with Gasteiger partial charge in [0.05, 0.1) is 0 Å². The first-order valence-electron chi connectivity index (χ1n) is 6.27. The van der Waals surface area contributed by atoms with Crippen LogP contribution in [0.1, 0.15) is 40.0 Å². The number of amidine groups is 1. The molecule has 94 valence electrons. The number of hydrogen-bond donors (Lipinski definition) is 3. The molecular formula is C12H25N3O. The Balaban J connectivity index is 2.37. The van der Waals surface area contributed by atoms with E-state index in [2.05, 4.69) is 24.3 Å². The third-order valence-corrected chi connectivity index (χ3v) is 4.01. The summed E-state index contributed by atoms with van der Waals surface area (Å²) in [6, 6.07) is 0.581. The Bertz CT molecular complexity index is 242. The molecule has 0 saturated heterocycles. The standard InChI is InChI=1S/C12H25N3O/c1-8-5-4-6-11(10(8)3)14-7-9(2)12(13)15-16/h8-11,14,16H,4-7H2,1-3H3,(H2,13,15). The largest absolute Gasteiger partial charge is 0.409 e. The quantitative estimate of drug-likeness (QED) is 0.297. The third-order valence-electron chi connectivity index (χ3n) is 4.01. The van der Waals surface area contributed by atoms with E-state index in [4.69, 9.17) is 10.9 Å². The summed E-state index contributed by atoms with van der Waals surface area (Å²) < 4.78 is 0. The Labute approximate surface area is 98.3 Å². The summed E-state index contributed by atoms with van der Waals surface area (Å²) in [4.78, 5) is 0. The molecule has 1 aliphatic carbocycles. The molecule has 0 bridgehead atoms. The number of hydrogen-bond acceptors (Lipinski definition) is 3. The van der Waals surface area contributed by atoms with Crippen molar-refractivity contribution in [3.63, 3.8) is 0 Å². The lowest BCUT2D eigenvalue weighted by Crippen LogP contribution is -2.44. The predicted octanol–water partition coefficient (Wildman–Crippen LogP) is 1.78. The van der Waals surface area contributed by atoms with Gasteiger partial charge in [0.1, 0.15) is 5.84 Å². The molecule has 0 heterocycles. The van der Waals surface area contributed by atoms with Crippen molar-refractivity contribution in [2.75, 3.05) is 6.54 Å². The van der Waals surface area contributed by atoms with Crippen LogP contribution in [0.25, 0.3) is 0 Å². The van der Waals surface area contributed by atoms with Gasteiger partial charge >= 0.3 is 0 Å². The van der Waals surface area contributed by atoms with Crippen LogP contribution in [0, 0.1) is 17.8 Å². The Kier molecular flexibility index (Phi) is 5.06. The second-order valence-electron chi connectivity index (χ2n) is 5.21. The minimum atomic E-state index is 0.0921. The highest BCUT2D eigenvalue weighted by molar-refractivity contribution is 5.82. The Morgan fingerprint density at radius 3 is 2.81 bits per heavy atom. The van der Waals surface area contributed by atoms with Gasteiger partial charge in [-0.25, -0.2) is 0 Å². The summed E-state index contributed by atoms with van der Waals surface area (Å²) in [7, 11) is 0. The van der Waals surface area contributed by atoms with E-state index >= 15 is 0 Å². The van der Waals surface area contributed by atoms with Crippen molar-refractivity contribution in [2.24, 2.45) is 28.6 Å². The molecule has 16 heavy (non-hydrogen) atoms. The maximum absolute atomic E-state index is 8.57. The molecule has 1 rings (SSSR count). The Morgan fingerprint density at radius 1 is 1.50 bits per heavy atom. The number of oxime groups is 1. The fraction of sp³-hybridized carbons (Fsp3) is 0.917. The van der Waals surface area contributed by atoms with E-state index in [-0.39, 0.29) is 5.92 Å². The van der Waals surface area contributed by atoms with Gasteiger partial charge in [-0.2, -0.15) is 0 Å². The third kappa shape index (κ3) is 3.37. The number of nitrogens with two attached hydrogens (primary N) is 1. The van der Waals surface area contributed by atoms with Crippen LogP contribution in [-0.4, -0.2) is 23.6 Å². The van der Waals surface area contributed by atoms with Crippen molar-refractivity contribution >= 4 is 5.84 Å². The lowest BCUT2D eigenvalue weighted by molar-refractivity contribution is 0.205. The van der Waals surface area contributed by atoms with Crippen LogP contribution in [0.15, 0.2) is 5.16 Å². The van der Waals surface area contributed by atoms with Crippen LogP contribution in [-0.2, 0) is 0 Å². The molecule has 0 aliphatic heterocycles. The fourth-order valence-electron chi connectivity index (χ4n) is 2.40. The molecule has 4 atom stereocenters. The summed E-state index contributed by atoms with van der Waals surface area (Å²) >= 11 is 0. The maximum atomic E-state index is 8.57. The molecule has 0 amide bonds. The van der Waals surface area contributed by atoms with Crippen molar-refractivity contribution in [1.29, 1.82) is 0 Å². The van der Waals surface area contributed by atoms with E-state index in [0.717, 1.165) is 12.5 Å². The highest BCUT2D eigenvalue weighted by atomic mass is 16.4. The monoisotopic (exact) mass is 227 g/mol. The molecule has 0 aromatic rings. The van der Waals surface area contributed by atoms with Gasteiger partial charge in [0.2, 0.25) is 0 Å². The molecule has 1 fully saturated rings. The molecule has 0 spiro atoms. The van der Waals surface area contributed by atoms with E-state index in [0.29, 0.717) is 17.8 Å². The molecule has 0 radical (unpaired) electrons. The van der Waals surface area contributed by atoms with Crippen molar-refractivity contribution in [3.8, 4) is 0 Å². The molecular weight excluding hydrogens is 202 g/mol. The fourth-order valence-corrected chi connectivity index (χ4v) is 2.40. The van der Waals surface area contributed by atoms with E-state index < -0.39 is 0 Å². The summed E-state index contributed by atoms with van der Waals surface area (Å²) in [5, 5.41) is 15.2. The van der Waals surface area contributed by atoms with Crippen molar-refractivity contribution in [3.05, 3.63) is 0 Å². The highest BCUT2D eigenvalue weighted by Gasteiger charge is 2.26. The Hall–Kier alpha value is -0.770. The lowest BCUT2D eigenvalue weighted by Gasteiger charge is -2.35. The van der Waals surface area contributed by atoms with Gasteiger partial charge in [-0.05, 0) is 18.3 Å². The molecule has 4 unspecified atom stereocenters. The Morgan fingerprint density at radius 2 is 2.19 bits per heavy atom. The van der Waals surface area contributed by atoms with Gasteiger partial charge in [0.25, 0.3) is 0 Å². The first kappa shape index (κ1) is 13.3. The van der Waals surface area contributed by atoms with Gasteiger partial charge in [-0.15, -0.1) is 0 Å². The highest BCUT2D eigenvalue weighted by Crippen LogP contribution is 2.29. The summed E-state index contributed by atoms with van der Waals surface area (Å²) in [6.45, 7) is 7.40. The number of rotatable bonds is 4. The average Bonchev–Trinajstić information content (AvgIpc) is 2.29. The van der Waals surface area contributed by atoms with E-state index in [1.165, 1.54) is 19.3 Å². The van der Waals surface area contributed by atoms with Crippen LogP contribution in [0.3, 0.4) is 0 Å². The lowest BCUT2D eigenvalue weighted by atomic mass is 9.78. The molecule has 4 nitrogen and oxygen atoms in total. The molecule has 4 N–H and O–H groups in total. The van der Waals surface area contributed by atoms with Crippen LogP contribution < -0.4 is 11.1 Å². The number of nitrogens with one attached hydrogen (secondary N) is 1. The van der Waals surface area contributed by atoms with E-state index in [9.17, 15) is 0 Å². The zero-order valence-electron chi connectivity index (χ0n) is 10.6. The first-order valence-corrected chi connectivity index (χ1v) is 6.27. The maximum Gasteiger partial charge on any atom is 0.143 e. The zero-order valence-corrected chi connectivity index (χ0v) is 10.6. The molecule has 1 aliphatic rings. The zero-order chi connectivity index (χ0) is 12.1. The summed E-state index contributed by atoms with van der Waals surface area (Å²) in [5.74, 6) is 1.91. The van der Waals surface area contributed by atoms with Crippen molar-refractivity contribution in [2.45, 2.75) is 46.1 Å². The van der Waals surface area contributed by atoms with Crippen LogP contribution in [0.4, 0.5) is 0 Å². The minimum Gasteiger partial charge on any atom is -0.409 e. The molecule has 1 saturated carbocycles. The van der Waals surface area contributed by atoms with Gasteiger partial charge in [0.15, 0.2) is 0 Å². The van der Waals surface area contributed by atoms with Gasteiger partial charge < -0.3 is 16.3 Å². The second-order valence-corrected chi connectivity index (χ2v) is 5.21. The van der Waals surface area contributed by atoms with Crippen molar-refractivity contribution in [1.82, 2.24) is 5.32 Å². The van der Waals surface area contributed by atoms with E-state index in [1.807, 2.05) is 6.92 Å². The normalized spacial score (nSPS) is 33.7. The SMILES string of the molecule is CC(CNC1CCCC(C)C1C)C(N)=NO. The average molecular weight is 227 g/mol.